The lowest BCUT2D eigenvalue weighted by atomic mass is 9.54. The topological polar surface area (TPSA) is 32.3 Å². The van der Waals surface area contributed by atoms with E-state index in [1.807, 2.05) is 6.07 Å². The molecule has 4 atom stereocenters. The second kappa shape index (κ2) is 6.93. The third-order valence-corrected chi connectivity index (χ3v) is 6.57. The first-order valence-electron chi connectivity index (χ1n) is 9.71. The monoisotopic (exact) mass is 335 g/mol. The predicted octanol–water partition coefficient (Wildman–Crippen LogP) is 4.06. The first-order chi connectivity index (χ1) is 12.2. The second-order valence-corrected chi connectivity index (χ2v) is 8.00. The van der Waals surface area contributed by atoms with E-state index in [0.29, 0.717) is 18.3 Å². The van der Waals surface area contributed by atoms with Crippen molar-refractivity contribution in [3.05, 3.63) is 71.3 Å². The van der Waals surface area contributed by atoms with E-state index in [-0.39, 0.29) is 0 Å². The van der Waals surface area contributed by atoms with Crippen molar-refractivity contribution in [1.82, 2.24) is 5.32 Å². The van der Waals surface area contributed by atoms with Gasteiger partial charge < -0.3 is 10.4 Å². The molecule has 1 aliphatic carbocycles. The lowest BCUT2D eigenvalue weighted by molar-refractivity contribution is -0.120. The molecule has 1 aliphatic heterocycles. The molecular weight excluding hydrogens is 306 g/mol. The third-order valence-electron chi connectivity index (χ3n) is 6.57. The molecule has 2 N–H and O–H groups in total. The van der Waals surface area contributed by atoms with E-state index in [9.17, 15) is 5.11 Å². The van der Waals surface area contributed by atoms with Crippen LogP contribution in [0.3, 0.4) is 0 Å². The first-order valence-corrected chi connectivity index (χ1v) is 9.71. The summed E-state index contributed by atoms with van der Waals surface area (Å²) in [4.78, 5) is 0. The standard InChI is InChI=1S/C23H29NO/c1-17-7-5-6-10-21(17)23(25,16-18-8-3-2-4-9-18)22-15-19-11-13-24-14-12-20(19)22/h2-10,19-20,22,24-25H,11-16H2,1H3. The molecule has 1 saturated heterocycles. The molecule has 1 heterocycles. The molecule has 2 nitrogen and oxygen atoms in total. The summed E-state index contributed by atoms with van der Waals surface area (Å²) in [5, 5.41) is 15.6. The van der Waals surface area contributed by atoms with Gasteiger partial charge in [-0.3, -0.25) is 0 Å². The molecule has 4 unspecified atom stereocenters. The molecule has 4 rings (SSSR count). The minimum atomic E-state index is -0.766. The molecule has 2 fully saturated rings. The number of aliphatic hydroxyl groups is 1. The quantitative estimate of drug-likeness (QED) is 0.883. The molecule has 1 saturated carbocycles. The van der Waals surface area contributed by atoms with Gasteiger partial charge in [0.05, 0.1) is 5.60 Å². The highest BCUT2D eigenvalue weighted by molar-refractivity contribution is 5.35. The van der Waals surface area contributed by atoms with Gasteiger partial charge in [0.25, 0.3) is 0 Å². The number of benzene rings is 2. The zero-order chi connectivity index (χ0) is 17.3. The van der Waals surface area contributed by atoms with E-state index in [4.69, 9.17) is 0 Å². The molecule has 0 bridgehead atoms. The van der Waals surface area contributed by atoms with Crippen molar-refractivity contribution >= 4 is 0 Å². The number of rotatable bonds is 4. The SMILES string of the molecule is Cc1ccccc1C(O)(Cc1ccccc1)C1CC2CCNCCC21. The summed E-state index contributed by atoms with van der Waals surface area (Å²) in [5.41, 5.74) is 2.79. The minimum absolute atomic E-state index is 0.360. The second-order valence-electron chi connectivity index (χ2n) is 8.00. The van der Waals surface area contributed by atoms with Crippen molar-refractivity contribution < 1.29 is 5.11 Å². The van der Waals surface area contributed by atoms with Crippen molar-refractivity contribution in [1.29, 1.82) is 0 Å². The van der Waals surface area contributed by atoms with E-state index in [2.05, 4.69) is 60.8 Å². The minimum Gasteiger partial charge on any atom is -0.385 e. The molecule has 2 heteroatoms. The molecule has 0 radical (unpaired) electrons. The fraction of sp³-hybridized carbons (Fsp3) is 0.478. The van der Waals surface area contributed by atoms with Gasteiger partial charge in [0, 0.05) is 6.42 Å². The van der Waals surface area contributed by atoms with Crippen LogP contribution in [-0.2, 0) is 12.0 Å². The van der Waals surface area contributed by atoms with Gasteiger partial charge in [-0.1, -0.05) is 54.6 Å². The van der Waals surface area contributed by atoms with E-state index in [1.54, 1.807) is 0 Å². The highest BCUT2D eigenvalue weighted by atomic mass is 16.3. The molecule has 2 aromatic rings. The van der Waals surface area contributed by atoms with Gasteiger partial charge in [0.2, 0.25) is 0 Å². The third kappa shape index (κ3) is 3.14. The average molecular weight is 335 g/mol. The van der Waals surface area contributed by atoms with Crippen LogP contribution in [0, 0.1) is 24.7 Å². The van der Waals surface area contributed by atoms with Crippen LogP contribution in [0.5, 0.6) is 0 Å². The van der Waals surface area contributed by atoms with Gasteiger partial charge in [0.15, 0.2) is 0 Å². The van der Waals surface area contributed by atoms with Crippen LogP contribution in [0.1, 0.15) is 36.0 Å². The number of fused-ring (bicyclic) bond motifs is 1. The zero-order valence-electron chi connectivity index (χ0n) is 15.1. The van der Waals surface area contributed by atoms with Crippen LogP contribution in [0.25, 0.3) is 0 Å². The normalized spacial score (nSPS) is 28.3. The van der Waals surface area contributed by atoms with Crippen LogP contribution in [0.4, 0.5) is 0 Å². The maximum Gasteiger partial charge on any atom is 0.0970 e. The lowest BCUT2D eigenvalue weighted by Crippen LogP contribution is -2.51. The van der Waals surface area contributed by atoms with Gasteiger partial charge in [-0.05, 0) is 73.7 Å². The Labute approximate surface area is 151 Å². The van der Waals surface area contributed by atoms with Crippen LogP contribution in [-0.4, -0.2) is 18.2 Å². The van der Waals surface area contributed by atoms with E-state index in [0.717, 1.165) is 31.0 Å². The predicted molar refractivity (Wildman–Crippen MR) is 102 cm³/mol. The first kappa shape index (κ1) is 16.8. The van der Waals surface area contributed by atoms with Gasteiger partial charge >= 0.3 is 0 Å². The van der Waals surface area contributed by atoms with Crippen LogP contribution < -0.4 is 5.32 Å². The molecular formula is C23H29NO. The van der Waals surface area contributed by atoms with E-state index >= 15 is 0 Å². The summed E-state index contributed by atoms with van der Waals surface area (Å²) < 4.78 is 0. The highest BCUT2D eigenvalue weighted by Crippen LogP contribution is 2.54. The Bertz CT molecular complexity index is 713. The lowest BCUT2D eigenvalue weighted by Gasteiger charge is -2.53. The molecule has 132 valence electrons. The molecule has 2 aromatic carbocycles. The van der Waals surface area contributed by atoms with E-state index in [1.165, 1.54) is 24.0 Å². The molecule has 2 aliphatic rings. The van der Waals surface area contributed by atoms with Crippen molar-refractivity contribution in [3.8, 4) is 0 Å². The summed E-state index contributed by atoms with van der Waals surface area (Å²) in [6.07, 6.45) is 4.32. The Morgan fingerprint density at radius 3 is 2.52 bits per heavy atom. The highest BCUT2D eigenvalue weighted by Gasteiger charge is 2.52. The Morgan fingerprint density at radius 2 is 1.72 bits per heavy atom. The zero-order valence-corrected chi connectivity index (χ0v) is 15.1. The van der Waals surface area contributed by atoms with Crippen molar-refractivity contribution in [2.24, 2.45) is 17.8 Å². The summed E-state index contributed by atoms with van der Waals surface area (Å²) in [7, 11) is 0. The maximum absolute atomic E-state index is 12.0. The fourth-order valence-corrected chi connectivity index (χ4v) is 5.20. The molecule has 0 aromatic heterocycles. The van der Waals surface area contributed by atoms with Gasteiger partial charge in [0.1, 0.15) is 0 Å². The van der Waals surface area contributed by atoms with E-state index < -0.39 is 5.60 Å². The number of nitrogens with one attached hydrogen (secondary N) is 1. The average Bonchev–Trinajstić information content (AvgIpc) is 2.78. The Morgan fingerprint density at radius 1 is 1.00 bits per heavy atom. The van der Waals surface area contributed by atoms with Crippen LogP contribution in [0.15, 0.2) is 54.6 Å². The smallest absolute Gasteiger partial charge is 0.0970 e. The number of aryl methyl sites for hydroxylation is 1. The van der Waals surface area contributed by atoms with Crippen molar-refractivity contribution in [2.75, 3.05) is 13.1 Å². The fourth-order valence-electron chi connectivity index (χ4n) is 5.20. The van der Waals surface area contributed by atoms with Gasteiger partial charge in [-0.2, -0.15) is 0 Å². The summed E-state index contributed by atoms with van der Waals surface area (Å²) in [6.45, 7) is 4.36. The largest absolute Gasteiger partial charge is 0.385 e. The maximum atomic E-state index is 12.0. The van der Waals surface area contributed by atoms with Gasteiger partial charge in [-0.15, -0.1) is 0 Å². The molecule has 0 spiro atoms. The number of hydrogen-bond acceptors (Lipinski definition) is 2. The van der Waals surface area contributed by atoms with Crippen molar-refractivity contribution in [3.63, 3.8) is 0 Å². The summed E-state index contributed by atoms with van der Waals surface area (Å²) in [6, 6.07) is 18.9. The molecule has 25 heavy (non-hydrogen) atoms. The van der Waals surface area contributed by atoms with Gasteiger partial charge in [-0.25, -0.2) is 0 Å². The Kier molecular flexibility index (Phi) is 4.66. The summed E-state index contributed by atoms with van der Waals surface area (Å²) in [5.74, 6) is 1.79. The van der Waals surface area contributed by atoms with Crippen molar-refractivity contribution in [2.45, 2.75) is 38.2 Å². The Balaban J connectivity index is 1.70. The Hall–Kier alpha value is -1.64. The molecule has 0 amide bonds. The summed E-state index contributed by atoms with van der Waals surface area (Å²) >= 11 is 0. The van der Waals surface area contributed by atoms with Crippen LogP contribution in [0.2, 0.25) is 0 Å². The number of hydrogen-bond donors (Lipinski definition) is 2. The van der Waals surface area contributed by atoms with Crippen LogP contribution >= 0.6 is 0 Å².